The van der Waals surface area contributed by atoms with E-state index in [4.69, 9.17) is 16.3 Å². The normalized spacial score (nSPS) is 21.9. The van der Waals surface area contributed by atoms with Crippen LogP contribution >= 0.6 is 11.6 Å². The van der Waals surface area contributed by atoms with Gasteiger partial charge < -0.3 is 14.5 Å². The molecule has 2 aliphatic carbocycles. The van der Waals surface area contributed by atoms with E-state index in [2.05, 4.69) is 29.2 Å². The van der Waals surface area contributed by atoms with Crippen LogP contribution in [0.4, 0.5) is 0 Å². The second kappa shape index (κ2) is 10.1. The number of carbonyl (C=O) groups excluding carboxylic acids is 2. The maximum Gasteiger partial charge on any atom is 0.254 e. The number of halogens is 1. The van der Waals surface area contributed by atoms with Crippen LogP contribution in [0, 0.1) is 11.3 Å². The highest BCUT2D eigenvalue weighted by Crippen LogP contribution is 2.61. The quantitative estimate of drug-likeness (QED) is 0.464. The highest BCUT2D eigenvalue weighted by molar-refractivity contribution is 6.34. The average Bonchev–Trinajstić information content (AvgIpc) is 3.31. The summed E-state index contributed by atoms with van der Waals surface area (Å²) in [5.41, 5.74) is 1.77. The number of benzene rings is 2. The predicted octanol–water partition coefficient (Wildman–Crippen LogP) is 5.95. The SMILES string of the molecule is CN(C)C(=O)c1ccc(OCC[C@H]2CC23CCN(C(=O)C2(c4ccccc4)CCCC2)CC3)cc1Cl. The van der Waals surface area contributed by atoms with Gasteiger partial charge in [-0.2, -0.15) is 0 Å². The minimum absolute atomic E-state index is 0.112. The van der Waals surface area contributed by atoms with E-state index < -0.39 is 0 Å². The van der Waals surface area contributed by atoms with Crippen LogP contribution in [-0.4, -0.2) is 55.4 Å². The van der Waals surface area contributed by atoms with Gasteiger partial charge in [-0.05, 0) is 73.6 Å². The van der Waals surface area contributed by atoms with Crippen molar-refractivity contribution in [2.45, 2.75) is 56.8 Å². The summed E-state index contributed by atoms with van der Waals surface area (Å²) in [7, 11) is 3.43. The lowest BCUT2D eigenvalue weighted by atomic mass is 9.76. The number of hydrogen-bond donors (Lipinski definition) is 0. The Hall–Kier alpha value is -2.53. The fraction of sp³-hybridized carbons (Fsp3) is 0.533. The van der Waals surface area contributed by atoms with Gasteiger partial charge in [0.2, 0.25) is 5.91 Å². The molecule has 1 atom stereocenters. The second-order valence-electron chi connectivity index (χ2n) is 11.2. The molecule has 0 bridgehead atoms. The van der Waals surface area contributed by atoms with Crippen molar-refractivity contribution in [3.63, 3.8) is 0 Å². The lowest BCUT2D eigenvalue weighted by Crippen LogP contribution is -2.49. The van der Waals surface area contributed by atoms with E-state index in [0.29, 0.717) is 40.2 Å². The Morgan fingerprint density at radius 2 is 1.72 bits per heavy atom. The largest absolute Gasteiger partial charge is 0.494 e. The van der Waals surface area contributed by atoms with Gasteiger partial charge in [-0.15, -0.1) is 0 Å². The number of rotatable bonds is 7. The molecule has 2 aromatic carbocycles. The number of amides is 2. The Morgan fingerprint density at radius 3 is 2.36 bits per heavy atom. The highest BCUT2D eigenvalue weighted by Gasteiger charge is 2.55. The lowest BCUT2D eigenvalue weighted by Gasteiger charge is -2.39. The second-order valence-corrected chi connectivity index (χ2v) is 11.6. The van der Waals surface area contributed by atoms with Crippen LogP contribution in [0.5, 0.6) is 5.75 Å². The zero-order chi connectivity index (χ0) is 25.3. The van der Waals surface area contributed by atoms with E-state index in [1.165, 1.54) is 16.9 Å². The third-order valence-corrected chi connectivity index (χ3v) is 9.22. The number of likely N-dealkylation sites (tertiary alicyclic amines) is 1. The first-order chi connectivity index (χ1) is 17.3. The van der Waals surface area contributed by atoms with Crippen molar-refractivity contribution in [3.8, 4) is 5.75 Å². The van der Waals surface area contributed by atoms with E-state index >= 15 is 0 Å². The molecule has 5 rings (SSSR count). The Balaban J connectivity index is 1.12. The zero-order valence-corrected chi connectivity index (χ0v) is 22.2. The Kier molecular flexibility index (Phi) is 7.04. The zero-order valence-electron chi connectivity index (χ0n) is 21.5. The van der Waals surface area contributed by atoms with Crippen LogP contribution in [0.25, 0.3) is 0 Å². The third-order valence-electron chi connectivity index (χ3n) is 8.91. The van der Waals surface area contributed by atoms with E-state index in [9.17, 15) is 9.59 Å². The lowest BCUT2D eigenvalue weighted by molar-refractivity contribution is -0.139. The van der Waals surface area contributed by atoms with Crippen LogP contribution in [-0.2, 0) is 10.2 Å². The van der Waals surface area contributed by atoms with Crippen LogP contribution in [0.1, 0.15) is 67.3 Å². The number of hydrogen-bond acceptors (Lipinski definition) is 3. The highest BCUT2D eigenvalue weighted by atomic mass is 35.5. The van der Waals surface area contributed by atoms with Gasteiger partial charge in [0.1, 0.15) is 5.75 Å². The topological polar surface area (TPSA) is 49.9 Å². The Bertz CT molecular complexity index is 1100. The molecule has 6 heteroatoms. The molecule has 2 saturated carbocycles. The molecule has 3 fully saturated rings. The van der Waals surface area contributed by atoms with Gasteiger partial charge in [0.05, 0.1) is 22.6 Å². The van der Waals surface area contributed by atoms with E-state index in [1.807, 2.05) is 12.1 Å². The molecular formula is C30H37ClN2O3. The van der Waals surface area contributed by atoms with Crippen molar-refractivity contribution >= 4 is 23.4 Å². The van der Waals surface area contributed by atoms with Crippen LogP contribution in [0.2, 0.25) is 5.02 Å². The molecule has 1 aliphatic heterocycles. The maximum absolute atomic E-state index is 13.8. The summed E-state index contributed by atoms with van der Waals surface area (Å²) in [6.45, 7) is 2.40. The molecular weight excluding hydrogens is 472 g/mol. The third kappa shape index (κ3) is 4.74. The number of nitrogens with zero attached hydrogens (tertiary/aromatic N) is 2. The smallest absolute Gasteiger partial charge is 0.254 e. The van der Waals surface area contributed by atoms with Crippen LogP contribution in [0.3, 0.4) is 0 Å². The molecule has 1 saturated heterocycles. The van der Waals surface area contributed by atoms with Crippen molar-refractivity contribution in [3.05, 3.63) is 64.7 Å². The van der Waals surface area contributed by atoms with E-state index in [-0.39, 0.29) is 11.3 Å². The van der Waals surface area contributed by atoms with Crippen LogP contribution in [0.15, 0.2) is 48.5 Å². The molecule has 2 aromatic rings. The molecule has 1 heterocycles. The summed E-state index contributed by atoms with van der Waals surface area (Å²) in [5.74, 6) is 1.61. The fourth-order valence-corrected chi connectivity index (χ4v) is 6.84. The van der Waals surface area contributed by atoms with Gasteiger partial charge >= 0.3 is 0 Å². The summed E-state index contributed by atoms with van der Waals surface area (Å²) in [5, 5.41) is 0.418. The number of ether oxygens (including phenoxy) is 1. The Morgan fingerprint density at radius 1 is 1.03 bits per heavy atom. The number of carbonyl (C=O) groups is 2. The fourth-order valence-electron chi connectivity index (χ4n) is 6.59. The molecule has 36 heavy (non-hydrogen) atoms. The Labute approximate surface area is 219 Å². The molecule has 5 nitrogen and oxygen atoms in total. The van der Waals surface area contributed by atoms with Crippen molar-refractivity contribution in [1.29, 1.82) is 0 Å². The first-order valence-electron chi connectivity index (χ1n) is 13.3. The first-order valence-corrected chi connectivity index (χ1v) is 13.7. The van der Waals surface area contributed by atoms with Gasteiger partial charge in [0.15, 0.2) is 0 Å². The summed E-state index contributed by atoms with van der Waals surface area (Å²) >= 11 is 6.31. The molecule has 1 spiro atoms. The molecule has 3 aliphatic rings. The average molecular weight is 509 g/mol. The van der Waals surface area contributed by atoms with Gasteiger partial charge in [0, 0.05) is 27.2 Å². The molecule has 0 radical (unpaired) electrons. The summed E-state index contributed by atoms with van der Waals surface area (Å²) in [4.78, 5) is 29.6. The molecule has 2 amide bonds. The first kappa shape index (κ1) is 25.1. The van der Waals surface area contributed by atoms with Crippen LogP contribution < -0.4 is 4.74 Å². The number of piperidine rings is 1. The molecule has 0 aromatic heterocycles. The van der Waals surface area contributed by atoms with Gasteiger partial charge in [0.25, 0.3) is 5.91 Å². The molecule has 0 N–H and O–H groups in total. The standard InChI is InChI=1S/C30H37ClN2O3/c1-32(2)27(34)25-11-10-24(20-26(25)31)36-19-12-23-21-29(23)15-17-33(18-16-29)28(35)30(13-6-7-14-30)22-8-4-3-5-9-22/h3-5,8-11,20,23H,6-7,12-19,21H2,1-2H3/t23-/m0/s1. The summed E-state index contributed by atoms with van der Waals surface area (Å²) in [6, 6.07) is 15.7. The summed E-state index contributed by atoms with van der Waals surface area (Å²) < 4.78 is 5.98. The van der Waals surface area contributed by atoms with Crippen molar-refractivity contribution in [2.24, 2.45) is 11.3 Å². The molecule has 192 valence electrons. The van der Waals surface area contributed by atoms with Gasteiger partial charge in [-0.3, -0.25) is 9.59 Å². The van der Waals surface area contributed by atoms with Crippen molar-refractivity contribution in [1.82, 2.24) is 9.80 Å². The summed E-state index contributed by atoms with van der Waals surface area (Å²) in [6.07, 6.45) is 8.68. The monoisotopic (exact) mass is 508 g/mol. The predicted molar refractivity (Wildman–Crippen MR) is 143 cm³/mol. The van der Waals surface area contributed by atoms with E-state index in [0.717, 1.165) is 58.0 Å². The molecule has 0 unspecified atom stereocenters. The van der Waals surface area contributed by atoms with Gasteiger partial charge in [-0.1, -0.05) is 54.8 Å². The van der Waals surface area contributed by atoms with E-state index in [1.54, 1.807) is 26.2 Å². The minimum Gasteiger partial charge on any atom is -0.494 e. The van der Waals surface area contributed by atoms with Crippen molar-refractivity contribution < 1.29 is 14.3 Å². The van der Waals surface area contributed by atoms with Gasteiger partial charge in [-0.25, -0.2) is 0 Å². The maximum atomic E-state index is 13.8. The van der Waals surface area contributed by atoms with Crippen molar-refractivity contribution in [2.75, 3.05) is 33.8 Å². The minimum atomic E-state index is -0.309.